The molecule has 0 aromatic heterocycles. The van der Waals surface area contributed by atoms with E-state index in [2.05, 4.69) is 4.72 Å². The molecule has 0 aliphatic heterocycles. The van der Waals surface area contributed by atoms with Gasteiger partial charge < -0.3 is 9.47 Å². The smallest absolute Gasteiger partial charge is 0.284 e. The number of benzene rings is 2. The van der Waals surface area contributed by atoms with Crippen molar-refractivity contribution in [1.82, 2.24) is 4.72 Å². The molecule has 2 aromatic rings. The highest BCUT2D eigenvalue weighted by Crippen LogP contribution is 2.28. The van der Waals surface area contributed by atoms with Crippen molar-refractivity contribution in [3.63, 3.8) is 0 Å². The van der Waals surface area contributed by atoms with Gasteiger partial charge >= 0.3 is 0 Å². The van der Waals surface area contributed by atoms with E-state index in [0.717, 1.165) is 12.0 Å². The van der Waals surface area contributed by atoms with Crippen molar-refractivity contribution in [3.8, 4) is 11.5 Å². The van der Waals surface area contributed by atoms with Gasteiger partial charge in [0.1, 0.15) is 4.90 Å². The Balaban J connectivity index is 1.90. The van der Waals surface area contributed by atoms with Crippen LogP contribution in [0, 0.1) is 10.1 Å². The zero-order chi connectivity index (χ0) is 16.7. The van der Waals surface area contributed by atoms with Gasteiger partial charge in [-0.05, 0) is 42.1 Å². The Kier molecular flexibility index (Phi) is 6.25. The fourth-order valence-electron chi connectivity index (χ4n) is 2.05. The van der Waals surface area contributed by atoms with E-state index < -0.39 is 0 Å². The summed E-state index contributed by atoms with van der Waals surface area (Å²) in [6.07, 6.45) is 0.772. The summed E-state index contributed by atoms with van der Waals surface area (Å²) >= 11 is 1.26. The van der Waals surface area contributed by atoms with Crippen LogP contribution in [-0.4, -0.2) is 25.7 Å². The minimum absolute atomic E-state index is 0.108. The highest BCUT2D eigenvalue weighted by atomic mass is 32.2. The van der Waals surface area contributed by atoms with Crippen LogP contribution in [0.3, 0.4) is 0 Å². The lowest BCUT2D eigenvalue weighted by atomic mass is 10.1. The average molecular weight is 334 g/mol. The molecule has 2 rings (SSSR count). The zero-order valence-electron chi connectivity index (χ0n) is 12.9. The molecule has 0 atom stereocenters. The summed E-state index contributed by atoms with van der Waals surface area (Å²) in [5.41, 5.74) is 1.20. The largest absolute Gasteiger partial charge is 0.493 e. The van der Waals surface area contributed by atoms with Gasteiger partial charge in [0.2, 0.25) is 0 Å². The minimum atomic E-state index is -0.377. The molecule has 7 heteroatoms. The number of methoxy groups -OCH3 is 2. The number of nitrogens with one attached hydrogen (secondary N) is 1. The van der Waals surface area contributed by atoms with E-state index in [1.54, 1.807) is 32.4 Å². The first-order chi connectivity index (χ1) is 11.2. The molecule has 0 amide bonds. The standard InChI is InChI=1S/C16H18N2O4S/c1-21-14-8-7-12(11-15(14)22-2)9-10-17-23-16-6-4-3-5-13(16)18(19)20/h3-8,11,17H,9-10H2,1-2H3. The van der Waals surface area contributed by atoms with Crippen LogP contribution in [0.1, 0.15) is 5.56 Å². The number of nitro benzene ring substituents is 1. The SMILES string of the molecule is COc1ccc(CCNSc2ccccc2[N+](=O)[O-])cc1OC. The van der Waals surface area contributed by atoms with Crippen molar-refractivity contribution in [2.24, 2.45) is 0 Å². The number of rotatable bonds is 8. The van der Waals surface area contributed by atoms with E-state index in [-0.39, 0.29) is 10.6 Å². The van der Waals surface area contributed by atoms with Crippen LogP contribution in [0.15, 0.2) is 47.4 Å². The highest BCUT2D eigenvalue weighted by molar-refractivity contribution is 7.97. The predicted molar refractivity (Wildman–Crippen MR) is 90.2 cm³/mol. The first-order valence-electron chi connectivity index (χ1n) is 6.99. The van der Waals surface area contributed by atoms with Gasteiger partial charge in [-0.2, -0.15) is 0 Å². The molecular formula is C16H18N2O4S. The third kappa shape index (κ3) is 4.61. The molecule has 23 heavy (non-hydrogen) atoms. The Hall–Kier alpha value is -2.25. The molecule has 0 bridgehead atoms. The molecule has 122 valence electrons. The van der Waals surface area contributed by atoms with Crippen LogP contribution in [0.4, 0.5) is 5.69 Å². The summed E-state index contributed by atoms with van der Waals surface area (Å²) in [6, 6.07) is 12.4. The van der Waals surface area contributed by atoms with E-state index in [4.69, 9.17) is 9.47 Å². The molecule has 0 fully saturated rings. The third-order valence-corrected chi connectivity index (χ3v) is 4.12. The summed E-state index contributed by atoms with van der Waals surface area (Å²) in [7, 11) is 3.20. The maximum absolute atomic E-state index is 10.9. The Bertz CT molecular complexity index is 679. The van der Waals surface area contributed by atoms with Crippen molar-refractivity contribution in [1.29, 1.82) is 0 Å². The van der Waals surface area contributed by atoms with E-state index in [9.17, 15) is 10.1 Å². The Morgan fingerprint density at radius 3 is 2.57 bits per heavy atom. The molecular weight excluding hydrogens is 316 g/mol. The number of nitrogens with zero attached hydrogens (tertiary/aromatic N) is 1. The zero-order valence-corrected chi connectivity index (χ0v) is 13.8. The summed E-state index contributed by atoms with van der Waals surface area (Å²) < 4.78 is 13.6. The summed E-state index contributed by atoms with van der Waals surface area (Å²) in [5, 5.41) is 10.9. The third-order valence-electron chi connectivity index (χ3n) is 3.21. The highest BCUT2D eigenvalue weighted by Gasteiger charge is 2.12. The number of ether oxygens (including phenoxy) is 2. The van der Waals surface area contributed by atoms with Crippen molar-refractivity contribution in [2.75, 3.05) is 20.8 Å². The molecule has 2 aromatic carbocycles. The Morgan fingerprint density at radius 2 is 1.87 bits per heavy atom. The van der Waals surface area contributed by atoms with Crippen LogP contribution in [-0.2, 0) is 6.42 Å². The maximum atomic E-state index is 10.9. The number of para-hydroxylation sites is 1. The summed E-state index contributed by atoms with van der Waals surface area (Å²) in [6.45, 7) is 0.673. The molecule has 0 spiro atoms. The normalized spacial score (nSPS) is 10.3. The molecule has 0 heterocycles. The maximum Gasteiger partial charge on any atom is 0.284 e. The van der Waals surface area contributed by atoms with Gasteiger partial charge in [-0.25, -0.2) is 0 Å². The number of hydrogen-bond donors (Lipinski definition) is 1. The topological polar surface area (TPSA) is 73.6 Å². The molecule has 0 saturated carbocycles. The quantitative estimate of drug-likeness (QED) is 0.345. The molecule has 6 nitrogen and oxygen atoms in total. The fourth-order valence-corrected chi connectivity index (χ4v) is 2.81. The van der Waals surface area contributed by atoms with Gasteiger partial charge in [0.25, 0.3) is 5.69 Å². The minimum Gasteiger partial charge on any atom is -0.493 e. The van der Waals surface area contributed by atoms with Crippen LogP contribution >= 0.6 is 11.9 Å². The van der Waals surface area contributed by atoms with Crippen molar-refractivity contribution in [3.05, 3.63) is 58.1 Å². The predicted octanol–water partition coefficient (Wildman–Crippen LogP) is 3.45. The number of nitro groups is 1. The molecule has 0 radical (unpaired) electrons. The van der Waals surface area contributed by atoms with E-state index in [1.807, 2.05) is 18.2 Å². The molecule has 0 saturated heterocycles. The average Bonchev–Trinajstić information content (AvgIpc) is 2.58. The van der Waals surface area contributed by atoms with Gasteiger partial charge in [0, 0.05) is 12.6 Å². The molecule has 0 unspecified atom stereocenters. The van der Waals surface area contributed by atoms with Crippen LogP contribution in [0.2, 0.25) is 0 Å². The summed E-state index contributed by atoms with van der Waals surface area (Å²) in [5.74, 6) is 1.38. The lowest BCUT2D eigenvalue weighted by molar-refractivity contribution is -0.387. The van der Waals surface area contributed by atoms with Crippen LogP contribution in [0.5, 0.6) is 11.5 Å². The van der Waals surface area contributed by atoms with Gasteiger partial charge in [0.15, 0.2) is 11.5 Å². The van der Waals surface area contributed by atoms with Gasteiger partial charge in [-0.3, -0.25) is 14.8 Å². The fraction of sp³-hybridized carbons (Fsp3) is 0.250. The second-order valence-electron chi connectivity index (χ2n) is 4.66. The summed E-state index contributed by atoms with van der Waals surface area (Å²) in [4.78, 5) is 11.2. The van der Waals surface area contributed by atoms with Crippen LogP contribution < -0.4 is 14.2 Å². The Morgan fingerprint density at radius 1 is 1.13 bits per heavy atom. The van der Waals surface area contributed by atoms with Crippen LogP contribution in [0.25, 0.3) is 0 Å². The van der Waals surface area contributed by atoms with E-state index in [1.165, 1.54) is 18.0 Å². The first-order valence-corrected chi connectivity index (χ1v) is 7.81. The van der Waals surface area contributed by atoms with Crippen molar-refractivity contribution < 1.29 is 14.4 Å². The van der Waals surface area contributed by atoms with Gasteiger partial charge in [0.05, 0.1) is 19.1 Å². The lowest BCUT2D eigenvalue weighted by Gasteiger charge is -2.10. The Labute approximate surface area is 139 Å². The number of hydrogen-bond acceptors (Lipinski definition) is 6. The van der Waals surface area contributed by atoms with Gasteiger partial charge in [-0.1, -0.05) is 18.2 Å². The monoisotopic (exact) mass is 334 g/mol. The lowest BCUT2D eigenvalue weighted by Crippen LogP contribution is -2.09. The van der Waals surface area contributed by atoms with E-state index >= 15 is 0 Å². The first kappa shape index (κ1) is 17.1. The van der Waals surface area contributed by atoms with Crippen molar-refractivity contribution in [2.45, 2.75) is 11.3 Å². The molecule has 1 N–H and O–H groups in total. The second-order valence-corrected chi connectivity index (χ2v) is 5.59. The molecule has 0 aliphatic rings. The van der Waals surface area contributed by atoms with Gasteiger partial charge in [-0.15, -0.1) is 0 Å². The van der Waals surface area contributed by atoms with Crippen molar-refractivity contribution >= 4 is 17.6 Å². The second kappa shape index (κ2) is 8.40. The molecule has 0 aliphatic carbocycles. The van der Waals surface area contributed by atoms with E-state index in [0.29, 0.717) is 22.9 Å².